The molecular formula is C23H29N3O3. The van der Waals surface area contributed by atoms with Gasteiger partial charge in [-0.2, -0.15) is 0 Å². The number of hydrogen-bond acceptors (Lipinski definition) is 3. The highest BCUT2D eigenvalue weighted by atomic mass is 16.2. The molecule has 6 nitrogen and oxygen atoms in total. The molecule has 0 heterocycles. The fourth-order valence-electron chi connectivity index (χ4n) is 2.91. The van der Waals surface area contributed by atoms with Gasteiger partial charge >= 0.3 is 0 Å². The van der Waals surface area contributed by atoms with E-state index in [1.165, 1.54) is 0 Å². The van der Waals surface area contributed by atoms with Crippen LogP contribution >= 0.6 is 0 Å². The zero-order chi connectivity index (χ0) is 21.2. The van der Waals surface area contributed by atoms with Crippen LogP contribution in [0.25, 0.3) is 0 Å². The lowest BCUT2D eigenvalue weighted by Crippen LogP contribution is -2.51. The molecule has 1 atom stereocenters. The molecule has 29 heavy (non-hydrogen) atoms. The Labute approximate surface area is 172 Å². The molecule has 154 valence electrons. The molecule has 0 fully saturated rings. The van der Waals surface area contributed by atoms with Gasteiger partial charge in [0.05, 0.1) is 6.54 Å². The maximum Gasteiger partial charge on any atom is 0.252 e. The van der Waals surface area contributed by atoms with Crippen molar-refractivity contribution in [3.05, 3.63) is 71.3 Å². The van der Waals surface area contributed by atoms with Gasteiger partial charge in [-0.05, 0) is 36.5 Å². The van der Waals surface area contributed by atoms with Gasteiger partial charge in [0.1, 0.15) is 6.04 Å². The lowest BCUT2D eigenvalue weighted by Gasteiger charge is -2.22. The third-order valence-electron chi connectivity index (χ3n) is 4.63. The lowest BCUT2D eigenvalue weighted by molar-refractivity contribution is -0.127. The van der Waals surface area contributed by atoms with Crippen LogP contribution in [0.4, 0.5) is 0 Å². The Morgan fingerprint density at radius 1 is 0.897 bits per heavy atom. The van der Waals surface area contributed by atoms with Crippen LogP contribution in [0.15, 0.2) is 54.6 Å². The Kier molecular flexibility index (Phi) is 8.40. The smallest absolute Gasteiger partial charge is 0.252 e. The first-order valence-corrected chi connectivity index (χ1v) is 9.83. The number of amides is 3. The van der Waals surface area contributed by atoms with Crippen LogP contribution in [0, 0.1) is 12.8 Å². The van der Waals surface area contributed by atoms with Crippen molar-refractivity contribution in [1.82, 2.24) is 16.0 Å². The molecule has 0 spiro atoms. The van der Waals surface area contributed by atoms with E-state index < -0.39 is 6.04 Å². The van der Waals surface area contributed by atoms with Gasteiger partial charge in [0.15, 0.2) is 0 Å². The van der Waals surface area contributed by atoms with E-state index in [4.69, 9.17) is 0 Å². The largest absolute Gasteiger partial charge is 0.354 e. The van der Waals surface area contributed by atoms with Crippen LogP contribution in [-0.2, 0) is 16.0 Å². The highest BCUT2D eigenvalue weighted by Gasteiger charge is 2.25. The van der Waals surface area contributed by atoms with Crippen molar-refractivity contribution in [3.63, 3.8) is 0 Å². The molecule has 3 N–H and O–H groups in total. The maximum absolute atomic E-state index is 12.5. The molecule has 0 saturated carbocycles. The summed E-state index contributed by atoms with van der Waals surface area (Å²) in [4.78, 5) is 37.1. The SMILES string of the molecule is Cc1ccccc1C(=O)NC(C(=O)NCC(=O)NCCc1ccccc1)C(C)C. The molecule has 0 aliphatic heterocycles. The van der Waals surface area contributed by atoms with Crippen molar-refractivity contribution >= 4 is 17.7 Å². The van der Waals surface area contributed by atoms with Crippen molar-refractivity contribution in [1.29, 1.82) is 0 Å². The van der Waals surface area contributed by atoms with Gasteiger partial charge in [-0.25, -0.2) is 0 Å². The van der Waals surface area contributed by atoms with Gasteiger partial charge in [-0.3, -0.25) is 14.4 Å². The van der Waals surface area contributed by atoms with Gasteiger partial charge in [-0.15, -0.1) is 0 Å². The quantitative estimate of drug-likeness (QED) is 0.608. The Morgan fingerprint density at radius 3 is 2.21 bits per heavy atom. The van der Waals surface area contributed by atoms with Crippen LogP contribution in [0.5, 0.6) is 0 Å². The minimum absolute atomic E-state index is 0.121. The molecular weight excluding hydrogens is 366 g/mol. The first-order valence-electron chi connectivity index (χ1n) is 9.83. The molecule has 0 bridgehead atoms. The summed E-state index contributed by atoms with van der Waals surface area (Å²) in [6, 6.07) is 16.3. The molecule has 1 unspecified atom stereocenters. The van der Waals surface area contributed by atoms with E-state index in [0.29, 0.717) is 12.1 Å². The molecule has 0 radical (unpaired) electrons. The molecule has 2 aromatic rings. The molecule has 0 aliphatic carbocycles. The van der Waals surface area contributed by atoms with Crippen molar-refractivity contribution in [3.8, 4) is 0 Å². The first kappa shape index (κ1) is 22.1. The van der Waals surface area contributed by atoms with E-state index in [2.05, 4.69) is 16.0 Å². The average Bonchev–Trinajstić information content (AvgIpc) is 2.71. The summed E-state index contributed by atoms with van der Waals surface area (Å²) < 4.78 is 0. The molecule has 6 heteroatoms. The normalized spacial score (nSPS) is 11.6. The fourth-order valence-corrected chi connectivity index (χ4v) is 2.91. The van der Waals surface area contributed by atoms with Gasteiger partial charge in [0.25, 0.3) is 5.91 Å². The van der Waals surface area contributed by atoms with Crippen LogP contribution in [0.3, 0.4) is 0 Å². The van der Waals surface area contributed by atoms with Crippen LogP contribution in [0.2, 0.25) is 0 Å². The summed E-state index contributed by atoms with van der Waals surface area (Å²) in [5.74, 6) is -1.06. The fraction of sp³-hybridized carbons (Fsp3) is 0.348. The van der Waals surface area contributed by atoms with Crippen LogP contribution in [-0.4, -0.2) is 36.9 Å². The molecule has 3 amide bonds. The number of nitrogens with one attached hydrogen (secondary N) is 3. The van der Waals surface area contributed by atoms with Gasteiger partial charge in [0, 0.05) is 12.1 Å². The predicted molar refractivity (Wildman–Crippen MR) is 113 cm³/mol. The zero-order valence-corrected chi connectivity index (χ0v) is 17.2. The van der Waals surface area contributed by atoms with Crippen LogP contribution in [0.1, 0.15) is 35.3 Å². The topological polar surface area (TPSA) is 87.3 Å². The Bertz CT molecular complexity index is 834. The standard InChI is InChI=1S/C23H29N3O3/c1-16(2)21(26-22(28)19-12-8-7-9-17(19)3)23(29)25-15-20(27)24-14-13-18-10-5-4-6-11-18/h4-12,16,21H,13-15H2,1-3H3,(H,24,27)(H,25,29)(H,26,28). The number of carbonyl (C=O) groups is 3. The van der Waals surface area contributed by atoms with Gasteiger partial charge < -0.3 is 16.0 Å². The number of aryl methyl sites for hydroxylation is 1. The first-order chi connectivity index (χ1) is 13.9. The van der Waals surface area contributed by atoms with Crippen molar-refractivity contribution < 1.29 is 14.4 Å². The third kappa shape index (κ3) is 7.07. The second kappa shape index (κ2) is 11.0. The minimum atomic E-state index is -0.723. The summed E-state index contributed by atoms with van der Waals surface area (Å²) in [5, 5.41) is 8.19. The van der Waals surface area contributed by atoms with E-state index >= 15 is 0 Å². The predicted octanol–water partition coefficient (Wildman–Crippen LogP) is 2.22. The summed E-state index contributed by atoms with van der Waals surface area (Å²) in [5.41, 5.74) is 2.51. The monoisotopic (exact) mass is 395 g/mol. The lowest BCUT2D eigenvalue weighted by atomic mass is 10.0. The summed E-state index contributed by atoms with van der Waals surface area (Å²) in [6.07, 6.45) is 0.724. The van der Waals surface area contributed by atoms with E-state index in [-0.39, 0.29) is 30.2 Å². The van der Waals surface area contributed by atoms with Gasteiger partial charge in [0.2, 0.25) is 11.8 Å². The Morgan fingerprint density at radius 2 is 1.55 bits per heavy atom. The maximum atomic E-state index is 12.5. The van der Waals surface area contributed by atoms with E-state index in [0.717, 1.165) is 17.5 Å². The number of carbonyl (C=O) groups excluding carboxylic acids is 3. The highest BCUT2D eigenvalue weighted by molar-refractivity contribution is 5.99. The Balaban J connectivity index is 1.82. The minimum Gasteiger partial charge on any atom is -0.354 e. The number of hydrogen-bond donors (Lipinski definition) is 3. The van der Waals surface area contributed by atoms with Crippen molar-refractivity contribution in [2.45, 2.75) is 33.2 Å². The number of benzene rings is 2. The second-order valence-electron chi connectivity index (χ2n) is 7.31. The summed E-state index contributed by atoms with van der Waals surface area (Å²) >= 11 is 0. The zero-order valence-electron chi connectivity index (χ0n) is 17.2. The van der Waals surface area contributed by atoms with E-state index in [1.807, 2.05) is 63.2 Å². The van der Waals surface area contributed by atoms with Gasteiger partial charge in [-0.1, -0.05) is 62.4 Å². The van der Waals surface area contributed by atoms with Crippen molar-refractivity contribution in [2.75, 3.05) is 13.1 Å². The Hall–Kier alpha value is -3.15. The van der Waals surface area contributed by atoms with Crippen molar-refractivity contribution in [2.24, 2.45) is 5.92 Å². The second-order valence-corrected chi connectivity index (χ2v) is 7.31. The number of rotatable bonds is 9. The average molecular weight is 396 g/mol. The molecule has 2 aromatic carbocycles. The highest BCUT2D eigenvalue weighted by Crippen LogP contribution is 2.09. The molecule has 0 aromatic heterocycles. The van der Waals surface area contributed by atoms with Crippen LogP contribution < -0.4 is 16.0 Å². The summed E-state index contributed by atoms with van der Waals surface area (Å²) in [7, 11) is 0. The summed E-state index contributed by atoms with van der Waals surface area (Å²) in [6.45, 7) is 5.91. The molecule has 0 saturated heterocycles. The van der Waals surface area contributed by atoms with E-state index in [1.54, 1.807) is 12.1 Å². The van der Waals surface area contributed by atoms with E-state index in [9.17, 15) is 14.4 Å². The molecule has 2 rings (SSSR count). The third-order valence-corrected chi connectivity index (χ3v) is 4.63. The molecule has 0 aliphatic rings.